The molecule has 2 rings (SSSR count). The van der Waals surface area contributed by atoms with Crippen LogP contribution < -0.4 is 10.5 Å². The van der Waals surface area contributed by atoms with Crippen LogP contribution in [0.25, 0.3) is 0 Å². The first-order chi connectivity index (χ1) is 9.06. The van der Waals surface area contributed by atoms with Crippen LogP contribution in [0.1, 0.15) is 22.3 Å². The molecule has 2 nitrogen and oxygen atoms in total. The van der Waals surface area contributed by atoms with E-state index in [1.165, 1.54) is 5.56 Å². The van der Waals surface area contributed by atoms with E-state index in [2.05, 4.69) is 6.92 Å². The predicted octanol–water partition coefficient (Wildman–Crippen LogP) is 3.52. The highest BCUT2D eigenvalue weighted by Gasteiger charge is 2.03. The molecule has 0 fully saturated rings. The average Bonchev–Trinajstić information content (AvgIpc) is 2.39. The third-order valence-electron chi connectivity index (χ3n) is 3.04. The average molecular weight is 271 g/mol. The van der Waals surface area contributed by atoms with E-state index in [-0.39, 0.29) is 0 Å². The molecule has 0 aliphatic carbocycles. The third-order valence-corrected chi connectivity index (χ3v) is 3.28. The van der Waals surface area contributed by atoms with Crippen molar-refractivity contribution >= 4 is 17.2 Å². The Balaban J connectivity index is 2.07. The first-order valence-corrected chi connectivity index (χ1v) is 6.56. The lowest BCUT2D eigenvalue weighted by molar-refractivity contribution is 0.305. The van der Waals surface area contributed by atoms with Crippen LogP contribution in [-0.2, 0) is 6.61 Å². The van der Waals surface area contributed by atoms with Gasteiger partial charge in [-0.15, -0.1) is 0 Å². The summed E-state index contributed by atoms with van der Waals surface area (Å²) in [6, 6.07) is 14.0. The van der Waals surface area contributed by atoms with E-state index in [0.717, 1.165) is 22.4 Å². The van der Waals surface area contributed by atoms with Crippen LogP contribution in [0, 0.1) is 13.8 Å². The van der Waals surface area contributed by atoms with E-state index in [4.69, 9.17) is 22.7 Å². The second kappa shape index (κ2) is 5.85. The van der Waals surface area contributed by atoms with Crippen molar-refractivity contribution in [3.63, 3.8) is 0 Å². The summed E-state index contributed by atoms with van der Waals surface area (Å²) in [4.78, 5) is 0.425. The van der Waals surface area contributed by atoms with Crippen molar-refractivity contribution in [1.82, 2.24) is 0 Å². The van der Waals surface area contributed by atoms with Gasteiger partial charge in [0.2, 0.25) is 0 Å². The Bertz CT molecular complexity index is 590. The van der Waals surface area contributed by atoms with Crippen molar-refractivity contribution in [2.75, 3.05) is 0 Å². The van der Waals surface area contributed by atoms with E-state index in [1.807, 2.05) is 49.4 Å². The van der Waals surface area contributed by atoms with Gasteiger partial charge in [-0.05, 0) is 43.2 Å². The summed E-state index contributed by atoms with van der Waals surface area (Å²) in [5.74, 6) is 0.878. The van der Waals surface area contributed by atoms with Gasteiger partial charge >= 0.3 is 0 Å². The van der Waals surface area contributed by atoms with Gasteiger partial charge in [0.25, 0.3) is 0 Å². The molecular weight excluding hydrogens is 254 g/mol. The lowest BCUT2D eigenvalue weighted by Gasteiger charge is -2.10. The van der Waals surface area contributed by atoms with Gasteiger partial charge in [0.15, 0.2) is 0 Å². The van der Waals surface area contributed by atoms with E-state index in [0.29, 0.717) is 11.6 Å². The third kappa shape index (κ3) is 3.55. The zero-order valence-electron chi connectivity index (χ0n) is 11.1. The van der Waals surface area contributed by atoms with Gasteiger partial charge in [-0.2, -0.15) is 0 Å². The molecule has 0 aliphatic heterocycles. The molecule has 0 aliphatic rings. The van der Waals surface area contributed by atoms with Crippen molar-refractivity contribution in [2.45, 2.75) is 20.5 Å². The van der Waals surface area contributed by atoms with Gasteiger partial charge in [-0.1, -0.05) is 42.0 Å². The molecule has 0 saturated carbocycles. The quantitative estimate of drug-likeness (QED) is 0.864. The fourth-order valence-electron chi connectivity index (χ4n) is 1.81. The van der Waals surface area contributed by atoms with E-state index < -0.39 is 0 Å². The maximum atomic E-state index is 5.76. The Morgan fingerprint density at radius 2 is 1.79 bits per heavy atom. The van der Waals surface area contributed by atoms with Crippen LogP contribution in [0.5, 0.6) is 5.75 Å². The van der Waals surface area contributed by atoms with Crippen molar-refractivity contribution < 1.29 is 4.74 Å². The summed E-state index contributed by atoms with van der Waals surface area (Å²) in [7, 11) is 0. The van der Waals surface area contributed by atoms with Crippen molar-refractivity contribution in [3.8, 4) is 5.75 Å². The van der Waals surface area contributed by atoms with Gasteiger partial charge in [0, 0.05) is 5.56 Å². The fraction of sp³-hybridized carbons (Fsp3) is 0.188. The van der Waals surface area contributed by atoms with Gasteiger partial charge in [0.05, 0.1) is 0 Å². The molecule has 2 aromatic carbocycles. The van der Waals surface area contributed by atoms with E-state index in [9.17, 15) is 0 Å². The highest BCUT2D eigenvalue weighted by molar-refractivity contribution is 7.80. The summed E-state index contributed by atoms with van der Waals surface area (Å²) in [5, 5.41) is 0. The number of rotatable bonds is 4. The molecule has 2 N–H and O–H groups in total. The van der Waals surface area contributed by atoms with Gasteiger partial charge < -0.3 is 10.5 Å². The topological polar surface area (TPSA) is 35.2 Å². The minimum absolute atomic E-state index is 0.425. The smallest absolute Gasteiger partial charge is 0.119 e. The molecule has 0 amide bonds. The molecule has 2 aromatic rings. The van der Waals surface area contributed by atoms with E-state index >= 15 is 0 Å². The first-order valence-electron chi connectivity index (χ1n) is 6.15. The van der Waals surface area contributed by atoms with Gasteiger partial charge in [0.1, 0.15) is 17.3 Å². The SMILES string of the molecule is Cc1ccc(OCc2ccc(C(N)=S)cc2C)cc1. The van der Waals surface area contributed by atoms with Crippen LogP contribution in [0.15, 0.2) is 42.5 Å². The largest absolute Gasteiger partial charge is 0.489 e. The molecule has 0 saturated heterocycles. The molecule has 98 valence electrons. The Hall–Kier alpha value is -1.87. The molecule has 0 bridgehead atoms. The molecule has 3 heteroatoms. The number of ether oxygens (including phenoxy) is 1. The highest BCUT2D eigenvalue weighted by atomic mass is 32.1. The molecular formula is C16H17NOS. The molecule has 0 aromatic heterocycles. The van der Waals surface area contributed by atoms with Crippen LogP contribution in [0.3, 0.4) is 0 Å². The minimum atomic E-state index is 0.425. The summed E-state index contributed by atoms with van der Waals surface area (Å²) in [6.07, 6.45) is 0. The summed E-state index contributed by atoms with van der Waals surface area (Å²) in [6.45, 7) is 4.64. The standard InChI is InChI=1S/C16H17NOS/c1-11-3-7-15(8-4-11)18-10-14-6-5-13(16(17)19)9-12(14)2/h3-9H,10H2,1-2H3,(H2,17,19). The number of hydrogen-bond donors (Lipinski definition) is 1. The van der Waals surface area contributed by atoms with Crippen molar-refractivity contribution in [3.05, 3.63) is 64.7 Å². The fourth-order valence-corrected chi connectivity index (χ4v) is 1.93. The monoisotopic (exact) mass is 271 g/mol. The lowest BCUT2D eigenvalue weighted by Crippen LogP contribution is -2.10. The normalized spacial score (nSPS) is 10.2. The Morgan fingerprint density at radius 3 is 2.37 bits per heavy atom. The maximum absolute atomic E-state index is 5.76. The predicted molar refractivity (Wildman–Crippen MR) is 82.6 cm³/mol. The summed E-state index contributed by atoms with van der Waals surface area (Å²) >= 11 is 4.96. The second-order valence-electron chi connectivity index (χ2n) is 4.61. The van der Waals surface area contributed by atoms with Crippen LogP contribution in [0.4, 0.5) is 0 Å². The van der Waals surface area contributed by atoms with E-state index in [1.54, 1.807) is 0 Å². The molecule has 0 atom stereocenters. The molecule has 0 radical (unpaired) electrons. The lowest BCUT2D eigenvalue weighted by atomic mass is 10.1. The van der Waals surface area contributed by atoms with Gasteiger partial charge in [-0.25, -0.2) is 0 Å². The Morgan fingerprint density at radius 1 is 1.11 bits per heavy atom. The molecule has 0 heterocycles. The minimum Gasteiger partial charge on any atom is -0.489 e. The maximum Gasteiger partial charge on any atom is 0.119 e. The Labute approximate surface area is 119 Å². The molecule has 19 heavy (non-hydrogen) atoms. The van der Waals surface area contributed by atoms with Crippen LogP contribution >= 0.6 is 12.2 Å². The Kier molecular flexibility index (Phi) is 4.17. The number of hydrogen-bond acceptors (Lipinski definition) is 2. The summed E-state index contributed by atoms with van der Waals surface area (Å²) < 4.78 is 5.76. The zero-order valence-corrected chi connectivity index (χ0v) is 12.0. The first kappa shape index (κ1) is 13.6. The number of aryl methyl sites for hydroxylation is 2. The summed E-state index contributed by atoms with van der Waals surface area (Å²) in [5.41, 5.74) is 10.0. The van der Waals surface area contributed by atoms with Crippen molar-refractivity contribution in [1.29, 1.82) is 0 Å². The number of thiocarbonyl (C=S) groups is 1. The van der Waals surface area contributed by atoms with Crippen molar-refractivity contribution in [2.24, 2.45) is 5.73 Å². The highest BCUT2D eigenvalue weighted by Crippen LogP contribution is 2.16. The second-order valence-corrected chi connectivity index (χ2v) is 5.05. The van der Waals surface area contributed by atoms with Gasteiger partial charge in [-0.3, -0.25) is 0 Å². The van der Waals surface area contributed by atoms with Crippen LogP contribution in [-0.4, -0.2) is 4.99 Å². The number of nitrogens with two attached hydrogens (primary N) is 1. The molecule has 0 spiro atoms. The molecule has 0 unspecified atom stereocenters. The van der Waals surface area contributed by atoms with Crippen LogP contribution in [0.2, 0.25) is 0 Å². The number of benzene rings is 2. The zero-order chi connectivity index (χ0) is 13.8.